The molecule has 4 heteroatoms. The molecule has 0 aromatic rings. The molecule has 79 valence electrons. The second-order valence-electron chi connectivity index (χ2n) is 3.44. The van der Waals surface area contributed by atoms with Crippen LogP contribution in [0.3, 0.4) is 0 Å². The topological polar surface area (TPSA) is 57.9 Å². The molecule has 0 rings (SSSR count). The van der Waals surface area contributed by atoms with Crippen LogP contribution >= 0.6 is 0 Å². The Morgan fingerprint density at radius 2 is 1.38 bits per heavy atom. The molecule has 3 nitrogen and oxygen atoms in total. The van der Waals surface area contributed by atoms with Gasteiger partial charge in [0.05, 0.1) is 5.75 Å². The van der Waals surface area contributed by atoms with Gasteiger partial charge in [-0.05, 0) is 6.42 Å². The lowest BCUT2D eigenvalue weighted by Gasteiger charge is -1.99. The molecule has 0 heterocycles. The molecule has 1 N–H and O–H groups in total. The van der Waals surface area contributed by atoms with Crippen LogP contribution < -0.4 is 5.14 Å². The zero-order valence-corrected chi connectivity index (χ0v) is 9.20. The fourth-order valence-electron chi connectivity index (χ4n) is 1.25. The van der Waals surface area contributed by atoms with Crippen LogP contribution in [-0.2, 0) is 10.0 Å². The number of nitrogens with one attached hydrogen (secondary N) is 1. The van der Waals surface area contributed by atoms with E-state index in [9.17, 15) is 8.42 Å². The lowest BCUT2D eigenvalue weighted by molar-refractivity contribution is 0.579. The Morgan fingerprint density at radius 3 is 1.85 bits per heavy atom. The summed E-state index contributed by atoms with van der Waals surface area (Å²) in [5.74, 6) is 0.0285. The molecule has 0 saturated heterocycles. The van der Waals surface area contributed by atoms with Gasteiger partial charge in [-0.3, -0.25) is 0 Å². The van der Waals surface area contributed by atoms with E-state index in [4.69, 9.17) is 5.14 Å². The highest BCUT2D eigenvalue weighted by Gasteiger charge is 2.01. The van der Waals surface area contributed by atoms with E-state index in [1.165, 1.54) is 25.7 Å². The van der Waals surface area contributed by atoms with E-state index in [0.29, 0.717) is 6.42 Å². The predicted octanol–water partition coefficient (Wildman–Crippen LogP) is 2.35. The largest absolute Gasteiger partial charge is 0.225 e. The van der Waals surface area contributed by atoms with Gasteiger partial charge in [0.1, 0.15) is 0 Å². The Bertz CT molecular complexity index is 200. The SMILES string of the molecule is CCCCCCCCCS([NH])(=O)=O. The van der Waals surface area contributed by atoms with Gasteiger partial charge in [-0.2, -0.15) is 0 Å². The van der Waals surface area contributed by atoms with E-state index in [0.717, 1.165) is 12.8 Å². The second kappa shape index (κ2) is 7.33. The van der Waals surface area contributed by atoms with Gasteiger partial charge in [0.25, 0.3) is 0 Å². The zero-order chi connectivity index (χ0) is 10.2. The molecule has 1 radical (unpaired) electrons. The summed E-state index contributed by atoms with van der Waals surface area (Å²) >= 11 is 0. The normalized spacial score (nSPS) is 11.8. The lowest BCUT2D eigenvalue weighted by atomic mass is 10.1. The summed E-state index contributed by atoms with van der Waals surface area (Å²) in [6.45, 7) is 2.17. The summed E-state index contributed by atoms with van der Waals surface area (Å²) in [6.07, 6.45) is 7.67. The monoisotopic (exact) mass is 206 g/mol. The first-order valence-corrected chi connectivity index (χ1v) is 6.69. The fourth-order valence-corrected chi connectivity index (χ4v) is 1.83. The first-order valence-electron chi connectivity index (χ1n) is 5.03. The van der Waals surface area contributed by atoms with Gasteiger partial charge in [0.15, 0.2) is 0 Å². The molecule has 0 saturated carbocycles. The predicted molar refractivity (Wildman–Crippen MR) is 54.9 cm³/mol. The number of hydrogen-bond donors (Lipinski definition) is 0. The van der Waals surface area contributed by atoms with Crippen LogP contribution in [0.2, 0.25) is 0 Å². The van der Waals surface area contributed by atoms with E-state index in [-0.39, 0.29) is 5.75 Å². The standard InChI is InChI=1S/C9H20NO2S/c1-2-3-4-5-6-7-8-9-13(10,11)12/h10H,2-9H2,1H3. The smallest absolute Gasteiger partial charge is 0.211 e. The molecule has 0 atom stereocenters. The third-order valence-electron chi connectivity index (χ3n) is 2.02. The second-order valence-corrected chi connectivity index (χ2v) is 5.08. The first-order chi connectivity index (χ1) is 6.06. The minimum absolute atomic E-state index is 0.0285. The van der Waals surface area contributed by atoms with Crippen molar-refractivity contribution in [1.29, 1.82) is 0 Å². The van der Waals surface area contributed by atoms with Crippen LogP contribution in [0.25, 0.3) is 0 Å². The number of sulfonamides is 1. The summed E-state index contributed by atoms with van der Waals surface area (Å²) in [5.41, 5.74) is 0. The summed E-state index contributed by atoms with van der Waals surface area (Å²) in [7, 11) is -3.47. The average Bonchev–Trinajstić information content (AvgIpc) is 2.01. The Kier molecular flexibility index (Phi) is 7.28. The van der Waals surface area contributed by atoms with Crippen LogP contribution in [0.4, 0.5) is 0 Å². The van der Waals surface area contributed by atoms with Crippen molar-refractivity contribution in [2.45, 2.75) is 51.9 Å². The van der Waals surface area contributed by atoms with Crippen molar-refractivity contribution >= 4 is 10.0 Å². The molecule has 13 heavy (non-hydrogen) atoms. The highest BCUT2D eigenvalue weighted by molar-refractivity contribution is 7.88. The minimum atomic E-state index is -3.47. The van der Waals surface area contributed by atoms with Crippen molar-refractivity contribution in [2.24, 2.45) is 0 Å². The average molecular weight is 206 g/mol. The summed E-state index contributed by atoms with van der Waals surface area (Å²) in [6, 6.07) is 0. The van der Waals surface area contributed by atoms with Crippen LogP contribution in [0.1, 0.15) is 51.9 Å². The molecule has 0 aromatic carbocycles. The van der Waals surface area contributed by atoms with E-state index in [1.54, 1.807) is 0 Å². The molecule has 0 unspecified atom stereocenters. The molecule has 0 aliphatic heterocycles. The fraction of sp³-hybridized carbons (Fsp3) is 1.00. The first kappa shape index (κ1) is 12.9. The van der Waals surface area contributed by atoms with Crippen molar-refractivity contribution in [3.8, 4) is 0 Å². The van der Waals surface area contributed by atoms with E-state index >= 15 is 0 Å². The Morgan fingerprint density at radius 1 is 0.923 bits per heavy atom. The maximum absolute atomic E-state index is 10.4. The third-order valence-corrected chi connectivity index (χ3v) is 2.84. The third kappa shape index (κ3) is 11.9. The molecule has 0 fully saturated rings. The lowest BCUT2D eigenvalue weighted by Crippen LogP contribution is -2.05. The number of hydrogen-bond acceptors (Lipinski definition) is 2. The summed E-state index contributed by atoms with van der Waals surface area (Å²) in [5, 5.41) is 6.65. The molecule has 0 aliphatic carbocycles. The quantitative estimate of drug-likeness (QED) is 0.572. The molecular formula is C9H20NO2S. The van der Waals surface area contributed by atoms with Crippen molar-refractivity contribution in [3.63, 3.8) is 0 Å². The van der Waals surface area contributed by atoms with Crippen molar-refractivity contribution < 1.29 is 8.42 Å². The highest BCUT2D eigenvalue weighted by Crippen LogP contribution is 2.07. The number of unbranched alkanes of at least 4 members (excludes halogenated alkanes) is 6. The Labute approximate surface area is 81.8 Å². The van der Waals surface area contributed by atoms with Gasteiger partial charge < -0.3 is 0 Å². The van der Waals surface area contributed by atoms with Crippen molar-refractivity contribution in [1.82, 2.24) is 5.14 Å². The van der Waals surface area contributed by atoms with E-state index < -0.39 is 10.0 Å². The van der Waals surface area contributed by atoms with Gasteiger partial charge in [0, 0.05) is 0 Å². The van der Waals surface area contributed by atoms with E-state index in [2.05, 4.69) is 6.92 Å². The van der Waals surface area contributed by atoms with Crippen molar-refractivity contribution in [2.75, 3.05) is 5.75 Å². The van der Waals surface area contributed by atoms with E-state index in [1.807, 2.05) is 0 Å². The van der Waals surface area contributed by atoms with Gasteiger partial charge in [-0.25, -0.2) is 8.42 Å². The van der Waals surface area contributed by atoms with Crippen LogP contribution in [0.5, 0.6) is 0 Å². The Hall–Kier alpha value is -0.0900. The van der Waals surface area contributed by atoms with Crippen LogP contribution in [0.15, 0.2) is 0 Å². The molecule has 0 bridgehead atoms. The summed E-state index contributed by atoms with van der Waals surface area (Å²) in [4.78, 5) is 0. The van der Waals surface area contributed by atoms with Crippen LogP contribution in [0, 0.1) is 0 Å². The maximum atomic E-state index is 10.4. The number of rotatable bonds is 8. The maximum Gasteiger partial charge on any atom is 0.225 e. The summed E-state index contributed by atoms with van der Waals surface area (Å²) < 4.78 is 20.9. The van der Waals surface area contributed by atoms with Crippen LogP contribution in [-0.4, -0.2) is 14.2 Å². The van der Waals surface area contributed by atoms with Gasteiger partial charge >= 0.3 is 0 Å². The van der Waals surface area contributed by atoms with Gasteiger partial charge in [-0.1, -0.05) is 45.4 Å². The minimum Gasteiger partial charge on any atom is -0.211 e. The molecular weight excluding hydrogens is 186 g/mol. The highest BCUT2D eigenvalue weighted by atomic mass is 32.2. The molecule has 0 spiro atoms. The molecule has 0 amide bonds. The van der Waals surface area contributed by atoms with Crippen molar-refractivity contribution in [3.05, 3.63) is 0 Å². The van der Waals surface area contributed by atoms with Gasteiger partial charge in [0.2, 0.25) is 10.0 Å². The Balaban J connectivity index is 3.09. The molecule has 0 aromatic heterocycles. The zero-order valence-electron chi connectivity index (χ0n) is 8.38. The molecule has 0 aliphatic rings. The van der Waals surface area contributed by atoms with Gasteiger partial charge in [-0.15, -0.1) is 5.14 Å².